The van der Waals surface area contributed by atoms with Crippen LogP contribution in [-0.4, -0.2) is 50.5 Å². The normalized spacial score (nSPS) is 18.5. The van der Waals surface area contributed by atoms with E-state index in [1.807, 2.05) is 13.8 Å². The van der Waals surface area contributed by atoms with Crippen molar-refractivity contribution < 1.29 is 19.0 Å². The minimum atomic E-state index is -0.451. The van der Waals surface area contributed by atoms with E-state index in [2.05, 4.69) is 0 Å². The summed E-state index contributed by atoms with van der Waals surface area (Å²) in [4.78, 5) is 12.3. The molecule has 0 heterocycles. The Labute approximate surface area is 133 Å². The number of thioether (sulfide) groups is 1. The summed E-state index contributed by atoms with van der Waals surface area (Å²) in [6, 6.07) is 0. The molecule has 0 N–H and O–H groups in total. The average Bonchev–Trinajstić information content (AvgIpc) is 2.47. The fourth-order valence-corrected chi connectivity index (χ4v) is 3.61. The molecule has 1 aliphatic rings. The van der Waals surface area contributed by atoms with Gasteiger partial charge in [0.25, 0.3) is 0 Å². The summed E-state index contributed by atoms with van der Waals surface area (Å²) in [5.74, 6) is 1.50. The molecule has 124 valence electrons. The molecule has 1 unspecified atom stereocenters. The first-order chi connectivity index (χ1) is 9.99. The number of carbonyl (C=O) groups excluding carboxylic acids is 1. The number of esters is 1. The summed E-state index contributed by atoms with van der Waals surface area (Å²) in [6.07, 6.45) is 5.88. The van der Waals surface area contributed by atoms with Gasteiger partial charge in [-0.15, -0.1) is 0 Å². The highest BCUT2D eigenvalue weighted by Crippen LogP contribution is 2.28. The van der Waals surface area contributed by atoms with Crippen LogP contribution in [0.2, 0.25) is 0 Å². The minimum Gasteiger partial charge on any atom is -0.462 e. The van der Waals surface area contributed by atoms with Crippen LogP contribution in [0, 0.1) is 5.41 Å². The van der Waals surface area contributed by atoms with Crippen LogP contribution in [0.3, 0.4) is 0 Å². The third-order valence-electron chi connectivity index (χ3n) is 3.83. The highest BCUT2D eigenvalue weighted by Gasteiger charge is 2.32. The zero-order chi connectivity index (χ0) is 15.7. The second-order valence-electron chi connectivity index (χ2n) is 6.38. The van der Waals surface area contributed by atoms with Crippen molar-refractivity contribution in [2.75, 3.05) is 32.3 Å². The summed E-state index contributed by atoms with van der Waals surface area (Å²) in [5, 5.41) is 0. The molecule has 1 rings (SSSR count). The predicted octanol–water partition coefficient (Wildman–Crippen LogP) is 3.28. The largest absolute Gasteiger partial charge is 0.462 e. The van der Waals surface area contributed by atoms with Gasteiger partial charge in [-0.05, 0) is 39.5 Å². The fourth-order valence-electron chi connectivity index (χ4n) is 2.37. The van der Waals surface area contributed by atoms with Crippen molar-refractivity contribution >= 4 is 17.7 Å². The standard InChI is InChI=1S/C16H30O4S/c1-16(2,12-21-11-14(19-4)10-18-3)15(17)20-13-8-6-5-7-9-13/h13-14H,5-12H2,1-4H3. The summed E-state index contributed by atoms with van der Waals surface area (Å²) in [6.45, 7) is 4.50. The van der Waals surface area contributed by atoms with Gasteiger partial charge >= 0.3 is 5.97 Å². The van der Waals surface area contributed by atoms with E-state index in [4.69, 9.17) is 14.2 Å². The molecule has 0 aromatic carbocycles. The van der Waals surface area contributed by atoms with Gasteiger partial charge in [-0.3, -0.25) is 4.79 Å². The third-order valence-corrected chi connectivity index (χ3v) is 5.36. The first kappa shape index (κ1) is 18.8. The van der Waals surface area contributed by atoms with Crippen molar-refractivity contribution in [2.24, 2.45) is 5.41 Å². The van der Waals surface area contributed by atoms with E-state index in [0.29, 0.717) is 6.61 Å². The number of carbonyl (C=O) groups is 1. The van der Waals surface area contributed by atoms with E-state index in [1.165, 1.54) is 19.3 Å². The van der Waals surface area contributed by atoms with Gasteiger partial charge in [-0.2, -0.15) is 11.8 Å². The van der Waals surface area contributed by atoms with Gasteiger partial charge in [0.1, 0.15) is 6.10 Å². The fraction of sp³-hybridized carbons (Fsp3) is 0.938. The molecule has 21 heavy (non-hydrogen) atoms. The van der Waals surface area contributed by atoms with Crippen molar-refractivity contribution in [3.05, 3.63) is 0 Å². The maximum Gasteiger partial charge on any atom is 0.312 e. The molecule has 4 nitrogen and oxygen atoms in total. The van der Waals surface area contributed by atoms with Gasteiger partial charge in [-0.1, -0.05) is 6.42 Å². The molecule has 0 aliphatic heterocycles. The SMILES string of the molecule is COCC(CSCC(C)(C)C(=O)OC1CCCCC1)OC. The second-order valence-corrected chi connectivity index (χ2v) is 7.41. The maximum absolute atomic E-state index is 12.3. The molecular weight excluding hydrogens is 288 g/mol. The molecule has 5 heteroatoms. The van der Waals surface area contributed by atoms with Crippen molar-refractivity contribution in [2.45, 2.75) is 58.2 Å². The van der Waals surface area contributed by atoms with Crippen LogP contribution in [0.4, 0.5) is 0 Å². The molecule has 0 amide bonds. The van der Waals surface area contributed by atoms with E-state index < -0.39 is 5.41 Å². The van der Waals surface area contributed by atoms with Crippen LogP contribution in [0.25, 0.3) is 0 Å². The van der Waals surface area contributed by atoms with E-state index in [9.17, 15) is 4.79 Å². The Hall–Kier alpha value is -0.260. The zero-order valence-corrected chi connectivity index (χ0v) is 14.7. The van der Waals surface area contributed by atoms with Crippen LogP contribution in [0.5, 0.6) is 0 Å². The lowest BCUT2D eigenvalue weighted by Crippen LogP contribution is -2.34. The molecule has 1 aliphatic carbocycles. The molecule has 1 atom stereocenters. The summed E-state index contributed by atoms with van der Waals surface area (Å²) >= 11 is 1.72. The molecule has 1 saturated carbocycles. The Bertz CT molecular complexity index is 301. The lowest BCUT2D eigenvalue weighted by Gasteiger charge is -2.28. The highest BCUT2D eigenvalue weighted by molar-refractivity contribution is 7.99. The molecule has 0 radical (unpaired) electrons. The van der Waals surface area contributed by atoms with E-state index in [-0.39, 0.29) is 18.2 Å². The molecule has 0 spiro atoms. The molecule has 0 saturated heterocycles. The lowest BCUT2D eigenvalue weighted by molar-refractivity contribution is -0.159. The third kappa shape index (κ3) is 7.02. The van der Waals surface area contributed by atoms with Gasteiger partial charge in [-0.25, -0.2) is 0 Å². The molecule has 0 aromatic rings. The molecule has 0 bridgehead atoms. The van der Waals surface area contributed by atoms with Gasteiger partial charge in [0.05, 0.1) is 18.1 Å². The Morgan fingerprint density at radius 2 is 1.90 bits per heavy atom. The van der Waals surface area contributed by atoms with Crippen molar-refractivity contribution in [1.29, 1.82) is 0 Å². The Morgan fingerprint density at radius 3 is 2.48 bits per heavy atom. The predicted molar refractivity (Wildman–Crippen MR) is 86.7 cm³/mol. The van der Waals surface area contributed by atoms with Crippen LogP contribution in [0.1, 0.15) is 46.0 Å². The minimum absolute atomic E-state index is 0.0670. The highest BCUT2D eigenvalue weighted by atomic mass is 32.2. The summed E-state index contributed by atoms with van der Waals surface area (Å²) < 4.78 is 16.1. The Morgan fingerprint density at radius 1 is 1.24 bits per heavy atom. The van der Waals surface area contributed by atoms with Crippen molar-refractivity contribution in [3.8, 4) is 0 Å². The molecular formula is C16H30O4S. The van der Waals surface area contributed by atoms with E-state index >= 15 is 0 Å². The monoisotopic (exact) mass is 318 g/mol. The van der Waals surface area contributed by atoms with Gasteiger partial charge in [0.2, 0.25) is 0 Å². The van der Waals surface area contributed by atoms with Crippen molar-refractivity contribution in [3.63, 3.8) is 0 Å². The van der Waals surface area contributed by atoms with Crippen LogP contribution in [-0.2, 0) is 19.0 Å². The topological polar surface area (TPSA) is 44.8 Å². The average molecular weight is 318 g/mol. The number of hydrogen-bond acceptors (Lipinski definition) is 5. The van der Waals surface area contributed by atoms with Gasteiger partial charge < -0.3 is 14.2 Å². The quantitative estimate of drug-likeness (QED) is 0.610. The Kier molecular flexibility index (Phi) is 8.67. The molecule has 0 aromatic heterocycles. The number of hydrogen-bond donors (Lipinski definition) is 0. The van der Waals surface area contributed by atoms with Crippen LogP contribution >= 0.6 is 11.8 Å². The van der Waals surface area contributed by atoms with E-state index in [0.717, 1.165) is 24.3 Å². The summed E-state index contributed by atoms with van der Waals surface area (Å²) in [5.41, 5.74) is -0.451. The van der Waals surface area contributed by atoms with Gasteiger partial charge in [0, 0.05) is 25.7 Å². The van der Waals surface area contributed by atoms with Crippen LogP contribution in [0.15, 0.2) is 0 Å². The lowest BCUT2D eigenvalue weighted by atomic mass is 9.95. The Balaban J connectivity index is 2.31. The second kappa shape index (κ2) is 9.70. The maximum atomic E-state index is 12.3. The van der Waals surface area contributed by atoms with Gasteiger partial charge in [0.15, 0.2) is 0 Å². The van der Waals surface area contributed by atoms with E-state index in [1.54, 1.807) is 26.0 Å². The number of rotatable bonds is 9. The zero-order valence-electron chi connectivity index (χ0n) is 13.9. The van der Waals surface area contributed by atoms with Crippen molar-refractivity contribution in [1.82, 2.24) is 0 Å². The first-order valence-electron chi connectivity index (χ1n) is 7.80. The van der Waals surface area contributed by atoms with Crippen LogP contribution < -0.4 is 0 Å². The summed E-state index contributed by atoms with van der Waals surface area (Å²) in [7, 11) is 3.36. The smallest absolute Gasteiger partial charge is 0.312 e. The number of ether oxygens (including phenoxy) is 3. The number of methoxy groups -OCH3 is 2. The first-order valence-corrected chi connectivity index (χ1v) is 8.95. The molecule has 1 fully saturated rings.